The number of nitrogens with zero attached hydrogens (tertiary/aromatic N) is 1. The number of rotatable bonds is 3. The van der Waals surface area contributed by atoms with E-state index in [0.717, 1.165) is 12.8 Å². The van der Waals surface area contributed by atoms with Crippen LogP contribution < -0.4 is 5.32 Å². The Labute approximate surface area is 95.8 Å². The summed E-state index contributed by atoms with van der Waals surface area (Å²) in [5, 5.41) is 3.11. The summed E-state index contributed by atoms with van der Waals surface area (Å²) in [5.41, 5.74) is 1.26. The minimum Gasteiger partial charge on any atom is -0.360 e. The highest BCUT2D eigenvalue weighted by Crippen LogP contribution is 2.14. The third-order valence-corrected chi connectivity index (χ3v) is 2.94. The van der Waals surface area contributed by atoms with Crippen LogP contribution in [0, 0.1) is 0 Å². The second kappa shape index (κ2) is 4.39. The van der Waals surface area contributed by atoms with Crippen molar-refractivity contribution in [3.63, 3.8) is 0 Å². The topological polar surface area (TPSA) is 32.3 Å². The van der Waals surface area contributed by atoms with Crippen LogP contribution in [0.4, 0.5) is 0 Å². The van der Waals surface area contributed by atoms with E-state index in [-0.39, 0.29) is 11.9 Å². The van der Waals surface area contributed by atoms with Gasteiger partial charge in [-0.25, -0.2) is 0 Å². The molecular weight excluding hydrogens is 200 g/mol. The van der Waals surface area contributed by atoms with Crippen LogP contribution in [0.2, 0.25) is 0 Å². The summed E-state index contributed by atoms with van der Waals surface area (Å²) >= 11 is 0. The van der Waals surface area contributed by atoms with Gasteiger partial charge in [-0.15, -0.1) is 0 Å². The van der Waals surface area contributed by atoms with Gasteiger partial charge in [-0.2, -0.15) is 0 Å². The molecule has 3 heteroatoms. The Morgan fingerprint density at radius 1 is 1.38 bits per heavy atom. The van der Waals surface area contributed by atoms with Gasteiger partial charge in [0.15, 0.2) is 0 Å². The van der Waals surface area contributed by atoms with Crippen molar-refractivity contribution in [3.05, 3.63) is 48.3 Å². The van der Waals surface area contributed by atoms with Crippen LogP contribution >= 0.6 is 0 Å². The maximum absolute atomic E-state index is 11.7. The van der Waals surface area contributed by atoms with Crippen molar-refractivity contribution in [1.82, 2.24) is 10.2 Å². The van der Waals surface area contributed by atoms with Crippen LogP contribution in [0.1, 0.15) is 12.0 Å². The first-order chi connectivity index (χ1) is 7.68. The molecule has 1 aromatic rings. The Bertz CT molecular complexity index is 400. The molecule has 0 radical (unpaired) electrons. The summed E-state index contributed by atoms with van der Waals surface area (Å²) in [5.74, 6) is 0.809. The van der Waals surface area contributed by atoms with E-state index in [2.05, 4.69) is 24.0 Å². The van der Waals surface area contributed by atoms with Gasteiger partial charge in [-0.3, -0.25) is 4.79 Å². The van der Waals surface area contributed by atoms with Crippen molar-refractivity contribution in [2.75, 3.05) is 7.05 Å². The number of amides is 1. The van der Waals surface area contributed by atoms with Crippen LogP contribution in [-0.4, -0.2) is 23.9 Å². The monoisotopic (exact) mass is 216 g/mol. The average molecular weight is 216 g/mol. The summed E-state index contributed by atoms with van der Waals surface area (Å²) < 4.78 is 0. The molecule has 2 rings (SSSR count). The van der Waals surface area contributed by atoms with Crippen molar-refractivity contribution in [1.29, 1.82) is 0 Å². The number of hydrogen-bond acceptors (Lipinski definition) is 2. The molecule has 1 aliphatic rings. The predicted molar refractivity (Wildman–Crippen MR) is 63.6 cm³/mol. The second-order valence-electron chi connectivity index (χ2n) is 4.07. The lowest BCUT2D eigenvalue weighted by Crippen LogP contribution is -2.29. The van der Waals surface area contributed by atoms with Gasteiger partial charge in [0.2, 0.25) is 5.91 Å². The van der Waals surface area contributed by atoms with E-state index in [1.165, 1.54) is 5.56 Å². The summed E-state index contributed by atoms with van der Waals surface area (Å²) in [4.78, 5) is 13.3. The highest BCUT2D eigenvalue weighted by Gasteiger charge is 2.30. The Morgan fingerprint density at radius 3 is 2.62 bits per heavy atom. The first kappa shape index (κ1) is 10.7. The van der Waals surface area contributed by atoms with Crippen LogP contribution in [0.15, 0.2) is 42.7 Å². The van der Waals surface area contributed by atoms with Gasteiger partial charge in [0.25, 0.3) is 0 Å². The van der Waals surface area contributed by atoms with E-state index >= 15 is 0 Å². The van der Waals surface area contributed by atoms with Crippen molar-refractivity contribution < 1.29 is 4.79 Å². The van der Waals surface area contributed by atoms with Gasteiger partial charge in [-0.05, 0) is 18.4 Å². The molecule has 84 valence electrons. The zero-order chi connectivity index (χ0) is 11.5. The number of aryl methyl sites for hydroxylation is 1. The molecule has 1 heterocycles. The number of benzene rings is 1. The zero-order valence-corrected chi connectivity index (χ0v) is 9.44. The molecule has 1 N–H and O–H groups in total. The molecule has 0 spiro atoms. The minimum absolute atomic E-state index is 0.112. The van der Waals surface area contributed by atoms with E-state index in [4.69, 9.17) is 0 Å². The lowest BCUT2D eigenvalue weighted by Gasteiger charge is -2.08. The molecule has 0 aliphatic carbocycles. The maximum atomic E-state index is 11.7. The van der Waals surface area contributed by atoms with Crippen molar-refractivity contribution in [2.45, 2.75) is 18.9 Å². The summed E-state index contributed by atoms with van der Waals surface area (Å²) in [7, 11) is 1.75. The Balaban J connectivity index is 1.92. The van der Waals surface area contributed by atoms with Crippen molar-refractivity contribution >= 4 is 5.91 Å². The molecular formula is C13H16N2O. The fraction of sp³-hybridized carbons (Fsp3) is 0.308. The van der Waals surface area contributed by atoms with Crippen molar-refractivity contribution in [3.8, 4) is 0 Å². The Kier molecular flexibility index (Phi) is 2.95. The SMILES string of the molecule is C=C1NC(CCc2ccccc2)C(=O)N1C. The lowest BCUT2D eigenvalue weighted by atomic mass is 10.1. The van der Waals surface area contributed by atoms with Crippen LogP contribution in [-0.2, 0) is 11.2 Å². The standard InChI is InChI=1S/C13H16N2O/c1-10-14-12(13(16)15(10)2)9-8-11-6-4-3-5-7-11/h3-7,12,14H,1,8-9H2,2H3. The van der Waals surface area contributed by atoms with E-state index in [9.17, 15) is 4.79 Å². The zero-order valence-electron chi connectivity index (χ0n) is 9.44. The average Bonchev–Trinajstić information content (AvgIpc) is 2.56. The van der Waals surface area contributed by atoms with Gasteiger partial charge >= 0.3 is 0 Å². The quantitative estimate of drug-likeness (QED) is 0.831. The van der Waals surface area contributed by atoms with E-state index in [1.54, 1.807) is 11.9 Å². The molecule has 0 aromatic heterocycles. The van der Waals surface area contributed by atoms with Gasteiger partial charge in [0.1, 0.15) is 11.9 Å². The highest BCUT2D eigenvalue weighted by molar-refractivity contribution is 5.86. The molecule has 1 aliphatic heterocycles. The van der Waals surface area contributed by atoms with Crippen LogP contribution in [0.25, 0.3) is 0 Å². The normalized spacial score (nSPS) is 20.1. The molecule has 1 atom stereocenters. The third-order valence-electron chi connectivity index (χ3n) is 2.94. The molecule has 1 fully saturated rings. The molecule has 1 unspecified atom stereocenters. The fourth-order valence-corrected chi connectivity index (χ4v) is 1.88. The first-order valence-corrected chi connectivity index (χ1v) is 5.45. The first-order valence-electron chi connectivity index (χ1n) is 5.45. The molecule has 0 saturated carbocycles. The molecule has 3 nitrogen and oxygen atoms in total. The van der Waals surface area contributed by atoms with Gasteiger partial charge in [0, 0.05) is 7.05 Å². The molecule has 16 heavy (non-hydrogen) atoms. The lowest BCUT2D eigenvalue weighted by molar-refractivity contribution is -0.127. The molecule has 0 bridgehead atoms. The second-order valence-corrected chi connectivity index (χ2v) is 4.07. The molecule has 1 saturated heterocycles. The fourth-order valence-electron chi connectivity index (χ4n) is 1.88. The number of hydrogen-bond donors (Lipinski definition) is 1. The minimum atomic E-state index is -0.113. The van der Waals surface area contributed by atoms with Gasteiger partial charge in [-0.1, -0.05) is 36.9 Å². The van der Waals surface area contributed by atoms with Gasteiger partial charge < -0.3 is 10.2 Å². The largest absolute Gasteiger partial charge is 0.360 e. The molecule has 1 aromatic carbocycles. The van der Waals surface area contributed by atoms with E-state index in [0.29, 0.717) is 5.82 Å². The molecule has 1 amide bonds. The number of carbonyl (C=O) groups is 1. The number of nitrogens with one attached hydrogen (secondary N) is 1. The third kappa shape index (κ3) is 2.08. The van der Waals surface area contributed by atoms with Crippen LogP contribution in [0.5, 0.6) is 0 Å². The van der Waals surface area contributed by atoms with Crippen LogP contribution in [0.3, 0.4) is 0 Å². The van der Waals surface area contributed by atoms with E-state index in [1.807, 2.05) is 18.2 Å². The Hall–Kier alpha value is -1.77. The smallest absolute Gasteiger partial charge is 0.250 e. The number of carbonyl (C=O) groups excluding carboxylic acids is 1. The highest BCUT2D eigenvalue weighted by atomic mass is 16.2. The predicted octanol–water partition coefficient (Wildman–Crippen LogP) is 1.52. The van der Waals surface area contributed by atoms with Crippen molar-refractivity contribution in [2.24, 2.45) is 0 Å². The summed E-state index contributed by atoms with van der Waals surface area (Å²) in [6.07, 6.45) is 1.72. The maximum Gasteiger partial charge on any atom is 0.250 e. The Morgan fingerprint density at radius 2 is 2.06 bits per heavy atom. The van der Waals surface area contributed by atoms with E-state index < -0.39 is 0 Å². The number of likely N-dealkylation sites (N-methyl/N-ethyl adjacent to an activating group) is 1. The summed E-state index contributed by atoms with van der Waals surface area (Å²) in [6.45, 7) is 3.78. The summed E-state index contributed by atoms with van der Waals surface area (Å²) in [6, 6.07) is 10.1. The van der Waals surface area contributed by atoms with Gasteiger partial charge in [0.05, 0.1) is 0 Å².